The van der Waals surface area contributed by atoms with Crippen LogP contribution >= 0.6 is 0 Å². The lowest BCUT2D eigenvalue weighted by atomic mass is 9.85. The van der Waals surface area contributed by atoms with E-state index in [1.807, 2.05) is 0 Å². The van der Waals surface area contributed by atoms with E-state index in [1.54, 1.807) is 0 Å². The molecule has 0 spiro atoms. The molecule has 0 saturated carbocycles. The van der Waals surface area contributed by atoms with E-state index in [1.165, 1.54) is 19.3 Å². The van der Waals surface area contributed by atoms with Crippen molar-refractivity contribution < 1.29 is 0 Å². The van der Waals surface area contributed by atoms with Crippen LogP contribution in [0.25, 0.3) is 0 Å². The van der Waals surface area contributed by atoms with E-state index in [9.17, 15) is 0 Å². The molecule has 0 aliphatic heterocycles. The number of hydrogen-bond acceptors (Lipinski definition) is 1. The Bertz CT molecular complexity index is 101. The molecule has 0 bridgehead atoms. The van der Waals surface area contributed by atoms with Crippen molar-refractivity contribution in [2.75, 3.05) is 7.05 Å². The normalized spacial score (nSPS) is 18.8. The molecule has 3 atom stereocenters. The highest BCUT2D eigenvalue weighted by Crippen LogP contribution is 2.20. The molecular weight excluding hydrogens is 146 g/mol. The lowest BCUT2D eigenvalue weighted by Gasteiger charge is -2.27. The fraction of sp³-hybridized carbons (Fsp3) is 1.00. The van der Waals surface area contributed by atoms with Crippen molar-refractivity contribution in [1.82, 2.24) is 5.32 Å². The van der Waals surface area contributed by atoms with Gasteiger partial charge in [0.1, 0.15) is 0 Å². The summed E-state index contributed by atoms with van der Waals surface area (Å²) in [4.78, 5) is 0. The van der Waals surface area contributed by atoms with E-state index in [2.05, 4.69) is 40.1 Å². The van der Waals surface area contributed by atoms with Crippen molar-refractivity contribution in [2.24, 2.45) is 11.8 Å². The van der Waals surface area contributed by atoms with Crippen molar-refractivity contribution in [3.8, 4) is 0 Å². The molecule has 0 saturated heterocycles. The third-order valence-electron chi connectivity index (χ3n) is 3.15. The van der Waals surface area contributed by atoms with Crippen molar-refractivity contribution in [1.29, 1.82) is 0 Å². The molecular formula is C11H25N. The van der Waals surface area contributed by atoms with Gasteiger partial charge in [-0.1, -0.05) is 40.5 Å². The van der Waals surface area contributed by atoms with Crippen LogP contribution in [-0.2, 0) is 0 Å². The average Bonchev–Trinajstić information content (AvgIpc) is 2.11. The van der Waals surface area contributed by atoms with E-state index >= 15 is 0 Å². The molecule has 0 aliphatic carbocycles. The Balaban J connectivity index is 3.91. The van der Waals surface area contributed by atoms with E-state index in [0.29, 0.717) is 6.04 Å². The minimum Gasteiger partial charge on any atom is -0.317 e. The summed E-state index contributed by atoms with van der Waals surface area (Å²) in [6, 6.07) is 0.713. The Morgan fingerprint density at radius 2 is 1.75 bits per heavy atom. The monoisotopic (exact) mass is 171 g/mol. The van der Waals surface area contributed by atoms with E-state index in [4.69, 9.17) is 0 Å². The first-order chi connectivity index (χ1) is 5.67. The zero-order valence-electron chi connectivity index (χ0n) is 9.35. The molecule has 0 aliphatic rings. The van der Waals surface area contributed by atoms with E-state index in [0.717, 1.165) is 11.8 Å². The molecule has 1 nitrogen and oxygen atoms in total. The summed E-state index contributed by atoms with van der Waals surface area (Å²) in [6.07, 6.45) is 3.89. The topological polar surface area (TPSA) is 12.0 Å². The predicted octanol–water partition coefficient (Wildman–Crippen LogP) is 3.06. The van der Waals surface area contributed by atoms with E-state index < -0.39 is 0 Å². The van der Waals surface area contributed by atoms with Gasteiger partial charge >= 0.3 is 0 Å². The number of hydrogen-bond donors (Lipinski definition) is 1. The average molecular weight is 171 g/mol. The highest BCUT2D eigenvalue weighted by molar-refractivity contribution is 4.74. The van der Waals surface area contributed by atoms with Crippen LogP contribution < -0.4 is 5.32 Å². The first-order valence-corrected chi connectivity index (χ1v) is 5.34. The van der Waals surface area contributed by atoms with Gasteiger partial charge in [-0.3, -0.25) is 0 Å². The zero-order chi connectivity index (χ0) is 9.56. The fourth-order valence-corrected chi connectivity index (χ4v) is 1.75. The molecule has 74 valence electrons. The highest BCUT2D eigenvalue weighted by Gasteiger charge is 2.18. The summed E-state index contributed by atoms with van der Waals surface area (Å²) in [5.41, 5.74) is 0. The summed E-state index contributed by atoms with van der Waals surface area (Å²) >= 11 is 0. The molecule has 12 heavy (non-hydrogen) atoms. The molecule has 0 aromatic heterocycles. The third kappa shape index (κ3) is 3.57. The molecule has 0 heterocycles. The second-order valence-corrected chi connectivity index (χ2v) is 3.93. The standard InChI is InChI=1S/C11H25N/c1-6-8-11(12-5)10(4)9(3)7-2/h9-12H,6-8H2,1-5H3/t9-,10?,11?/m0/s1. The van der Waals surface area contributed by atoms with Gasteiger partial charge in [0.2, 0.25) is 0 Å². The van der Waals surface area contributed by atoms with Crippen LogP contribution in [0.15, 0.2) is 0 Å². The maximum Gasteiger partial charge on any atom is 0.00921 e. The SMILES string of the molecule is CCCC(NC)C(C)[C@@H](C)CC. The van der Waals surface area contributed by atoms with Crippen LogP contribution in [0.4, 0.5) is 0 Å². The summed E-state index contributed by atoms with van der Waals surface area (Å²) in [5.74, 6) is 1.65. The van der Waals surface area contributed by atoms with Crippen molar-refractivity contribution in [3.05, 3.63) is 0 Å². The minimum absolute atomic E-state index is 0.713. The largest absolute Gasteiger partial charge is 0.317 e. The van der Waals surface area contributed by atoms with Crippen LogP contribution in [0.3, 0.4) is 0 Å². The van der Waals surface area contributed by atoms with Gasteiger partial charge in [-0.05, 0) is 25.3 Å². The molecule has 2 unspecified atom stereocenters. The molecule has 0 aromatic carbocycles. The van der Waals surface area contributed by atoms with E-state index in [-0.39, 0.29) is 0 Å². The van der Waals surface area contributed by atoms with Crippen molar-refractivity contribution in [3.63, 3.8) is 0 Å². The van der Waals surface area contributed by atoms with Gasteiger partial charge in [0.25, 0.3) is 0 Å². The summed E-state index contributed by atoms with van der Waals surface area (Å²) < 4.78 is 0. The Kier molecular flexibility index (Phi) is 6.45. The summed E-state index contributed by atoms with van der Waals surface area (Å²) in [6.45, 7) is 9.25. The molecule has 1 N–H and O–H groups in total. The van der Waals surface area contributed by atoms with Gasteiger partial charge in [-0.25, -0.2) is 0 Å². The maximum absolute atomic E-state index is 3.42. The quantitative estimate of drug-likeness (QED) is 0.647. The fourth-order valence-electron chi connectivity index (χ4n) is 1.75. The Hall–Kier alpha value is -0.0400. The second kappa shape index (κ2) is 6.47. The van der Waals surface area contributed by atoms with Crippen molar-refractivity contribution >= 4 is 0 Å². The van der Waals surface area contributed by atoms with Crippen LogP contribution in [0.5, 0.6) is 0 Å². The van der Waals surface area contributed by atoms with Gasteiger partial charge in [0.05, 0.1) is 0 Å². The Morgan fingerprint density at radius 1 is 1.17 bits per heavy atom. The van der Waals surface area contributed by atoms with Crippen molar-refractivity contribution in [2.45, 2.75) is 53.0 Å². The van der Waals surface area contributed by atoms with Gasteiger partial charge in [-0.2, -0.15) is 0 Å². The maximum atomic E-state index is 3.42. The first kappa shape index (κ1) is 12.0. The summed E-state index contributed by atoms with van der Waals surface area (Å²) in [7, 11) is 2.08. The van der Waals surface area contributed by atoms with Crippen LogP contribution in [-0.4, -0.2) is 13.1 Å². The molecule has 0 amide bonds. The molecule has 0 rings (SSSR count). The lowest BCUT2D eigenvalue weighted by molar-refractivity contribution is 0.275. The predicted molar refractivity (Wildman–Crippen MR) is 56.4 cm³/mol. The van der Waals surface area contributed by atoms with Gasteiger partial charge in [-0.15, -0.1) is 0 Å². The molecule has 1 heteroatoms. The van der Waals surface area contributed by atoms with Gasteiger partial charge in [0.15, 0.2) is 0 Å². The van der Waals surface area contributed by atoms with Crippen LogP contribution in [0.1, 0.15) is 47.0 Å². The van der Waals surface area contributed by atoms with Crippen LogP contribution in [0.2, 0.25) is 0 Å². The number of rotatable bonds is 6. The van der Waals surface area contributed by atoms with Crippen LogP contribution in [0, 0.1) is 11.8 Å². The van der Waals surface area contributed by atoms with Gasteiger partial charge in [0, 0.05) is 6.04 Å². The minimum atomic E-state index is 0.713. The Labute approximate surface area is 77.9 Å². The lowest BCUT2D eigenvalue weighted by Crippen LogP contribution is -2.35. The number of nitrogens with one attached hydrogen (secondary N) is 1. The molecule has 0 aromatic rings. The highest BCUT2D eigenvalue weighted by atomic mass is 14.9. The molecule has 0 radical (unpaired) electrons. The zero-order valence-corrected chi connectivity index (χ0v) is 9.35. The third-order valence-corrected chi connectivity index (χ3v) is 3.15. The smallest absolute Gasteiger partial charge is 0.00921 e. The Morgan fingerprint density at radius 3 is 2.08 bits per heavy atom. The molecule has 0 fully saturated rings. The first-order valence-electron chi connectivity index (χ1n) is 5.34. The second-order valence-electron chi connectivity index (χ2n) is 3.93. The summed E-state index contributed by atoms with van der Waals surface area (Å²) in [5, 5.41) is 3.42. The van der Waals surface area contributed by atoms with Gasteiger partial charge < -0.3 is 5.32 Å².